The Morgan fingerprint density at radius 1 is 1.00 bits per heavy atom. The molecule has 2 aliphatic rings. The lowest BCUT2D eigenvalue weighted by Crippen LogP contribution is -2.49. The van der Waals surface area contributed by atoms with E-state index in [0.717, 1.165) is 35.1 Å². The lowest BCUT2D eigenvalue weighted by Gasteiger charge is -2.31. The SMILES string of the molecule is CC(C)(CNC(=O)OCC1c2ccccc2-c2ccccc21)C(=O)N[C@H]1CCC[C@@H](C(=O)O)C1. The topological polar surface area (TPSA) is 105 Å². The van der Waals surface area contributed by atoms with E-state index in [1.165, 1.54) is 0 Å². The summed E-state index contributed by atoms with van der Waals surface area (Å²) in [5.74, 6) is -1.46. The molecule has 2 aromatic rings. The monoisotopic (exact) mass is 464 g/mol. The highest BCUT2D eigenvalue weighted by molar-refractivity contribution is 5.83. The summed E-state index contributed by atoms with van der Waals surface area (Å²) in [6, 6.07) is 16.1. The Balaban J connectivity index is 1.29. The number of hydrogen-bond donors (Lipinski definition) is 3. The van der Waals surface area contributed by atoms with Gasteiger partial charge in [-0.3, -0.25) is 9.59 Å². The van der Waals surface area contributed by atoms with E-state index in [-0.39, 0.29) is 31.0 Å². The average Bonchev–Trinajstić information content (AvgIpc) is 3.15. The van der Waals surface area contributed by atoms with E-state index in [0.29, 0.717) is 12.8 Å². The molecule has 180 valence electrons. The predicted molar refractivity (Wildman–Crippen MR) is 128 cm³/mol. The van der Waals surface area contributed by atoms with Crippen LogP contribution in [-0.4, -0.2) is 42.3 Å². The third-order valence-electron chi connectivity index (χ3n) is 6.99. The van der Waals surface area contributed by atoms with Crippen LogP contribution in [0.3, 0.4) is 0 Å². The van der Waals surface area contributed by atoms with Gasteiger partial charge >= 0.3 is 12.1 Å². The maximum Gasteiger partial charge on any atom is 0.407 e. The van der Waals surface area contributed by atoms with Crippen LogP contribution in [0.15, 0.2) is 48.5 Å². The normalized spacial score (nSPS) is 19.6. The van der Waals surface area contributed by atoms with Crippen LogP contribution >= 0.6 is 0 Å². The Bertz CT molecular complexity index is 1030. The Morgan fingerprint density at radius 3 is 2.24 bits per heavy atom. The minimum absolute atomic E-state index is 0.0251. The molecular formula is C27H32N2O5. The molecule has 0 spiro atoms. The molecule has 0 saturated heterocycles. The second-order valence-electron chi connectivity index (χ2n) is 9.94. The fourth-order valence-electron chi connectivity index (χ4n) is 4.95. The van der Waals surface area contributed by atoms with Gasteiger partial charge in [-0.2, -0.15) is 0 Å². The number of alkyl carbamates (subject to hydrolysis) is 1. The van der Waals surface area contributed by atoms with Gasteiger partial charge in [-0.15, -0.1) is 0 Å². The van der Waals surface area contributed by atoms with Crippen LogP contribution in [0.25, 0.3) is 11.1 Å². The summed E-state index contributed by atoms with van der Waals surface area (Å²) >= 11 is 0. The number of ether oxygens (including phenoxy) is 1. The molecule has 0 aromatic heterocycles. The molecule has 7 heteroatoms. The minimum Gasteiger partial charge on any atom is -0.481 e. The first-order chi connectivity index (χ1) is 16.3. The van der Waals surface area contributed by atoms with Crippen molar-refractivity contribution in [2.24, 2.45) is 11.3 Å². The maximum absolute atomic E-state index is 12.8. The van der Waals surface area contributed by atoms with Crippen LogP contribution in [0.1, 0.15) is 56.6 Å². The quantitative estimate of drug-likeness (QED) is 0.566. The van der Waals surface area contributed by atoms with E-state index in [1.807, 2.05) is 24.3 Å². The van der Waals surface area contributed by atoms with E-state index >= 15 is 0 Å². The van der Waals surface area contributed by atoms with Crippen LogP contribution in [-0.2, 0) is 14.3 Å². The highest BCUT2D eigenvalue weighted by Crippen LogP contribution is 2.44. The number of fused-ring (bicyclic) bond motifs is 3. The largest absolute Gasteiger partial charge is 0.481 e. The van der Waals surface area contributed by atoms with E-state index in [1.54, 1.807) is 13.8 Å². The fraction of sp³-hybridized carbons (Fsp3) is 0.444. The minimum atomic E-state index is -0.859. The number of aliphatic carboxylic acids is 1. The molecule has 0 heterocycles. The highest BCUT2D eigenvalue weighted by atomic mass is 16.5. The van der Waals surface area contributed by atoms with Crippen LogP contribution < -0.4 is 10.6 Å². The van der Waals surface area contributed by atoms with Gasteiger partial charge in [0.05, 0.1) is 11.3 Å². The third-order valence-corrected chi connectivity index (χ3v) is 6.99. The molecule has 1 fully saturated rings. The summed E-state index contributed by atoms with van der Waals surface area (Å²) in [4.78, 5) is 36.6. The lowest BCUT2D eigenvalue weighted by atomic mass is 9.84. The molecule has 3 N–H and O–H groups in total. The number of nitrogens with one attached hydrogen (secondary N) is 2. The molecular weight excluding hydrogens is 432 g/mol. The van der Waals surface area contributed by atoms with Crippen molar-refractivity contribution in [2.45, 2.75) is 51.5 Å². The van der Waals surface area contributed by atoms with E-state index in [4.69, 9.17) is 4.74 Å². The first-order valence-electron chi connectivity index (χ1n) is 11.9. The Labute approximate surface area is 199 Å². The Kier molecular flexibility index (Phi) is 6.91. The van der Waals surface area contributed by atoms with Gasteiger partial charge in [-0.25, -0.2) is 4.79 Å². The summed E-state index contributed by atoms with van der Waals surface area (Å²) in [7, 11) is 0. The lowest BCUT2D eigenvalue weighted by molar-refractivity contribution is -0.143. The number of amides is 2. The van der Waals surface area contributed by atoms with Gasteiger partial charge < -0.3 is 20.5 Å². The summed E-state index contributed by atoms with van der Waals surface area (Å²) in [5, 5.41) is 15.0. The zero-order valence-corrected chi connectivity index (χ0v) is 19.7. The van der Waals surface area contributed by atoms with Gasteiger partial charge in [0.1, 0.15) is 6.61 Å². The smallest absolute Gasteiger partial charge is 0.407 e. The molecule has 0 unspecified atom stereocenters. The number of carboxylic acid groups (broad SMARTS) is 1. The van der Waals surface area contributed by atoms with Crippen molar-refractivity contribution in [3.8, 4) is 11.1 Å². The molecule has 2 amide bonds. The Hall–Kier alpha value is -3.35. The van der Waals surface area contributed by atoms with Gasteiger partial charge in [0.2, 0.25) is 5.91 Å². The van der Waals surface area contributed by atoms with Gasteiger partial charge in [0, 0.05) is 18.5 Å². The molecule has 0 aliphatic heterocycles. The average molecular weight is 465 g/mol. The zero-order valence-electron chi connectivity index (χ0n) is 19.7. The first-order valence-corrected chi connectivity index (χ1v) is 11.9. The van der Waals surface area contributed by atoms with Crippen molar-refractivity contribution in [1.29, 1.82) is 0 Å². The van der Waals surface area contributed by atoms with Crippen LogP contribution in [0, 0.1) is 11.3 Å². The summed E-state index contributed by atoms with van der Waals surface area (Å²) in [6.45, 7) is 3.84. The summed E-state index contributed by atoms with van der Waals surface area (Å²) in [5.41, 5.74) is 3.75. The van der Waals surface area contributed by atoms with Crippen LogP contribution in [0.4, 0.5) is 4.79 Å². The second-order valence-corrected chi connectivity index (χ2v) is 9.94. The van der Waals surface area contributed by atoms with E-state index < -0.39 is 23.4 Å². The maximum atomic E-state index is 12.8. The number of benzene rings is 2. The predicted octanol–water partition coefficient (Wildman–Crippen LogP) is 4.31. The van der Waals surface area contributed by atoms with Gasteiger partial charge in [-0.1, -0.05) is 55.0 Å². The zero-order chi connectivity index (χ0) is 24.3. The third kappa shape index (κ3) is 5.08. The van der Waals surface area contributed by atoms with Crippen LogP contribution in [0.2, 0.25) is 0 Å². The molecule has 7 nitrogen and oxygen atoms in total. The molecule has 0 radical (unpaired) electrons. The van der Waals surface area contributed by atoms with Crippen molar-refractivity contribution in [3.05, 3.63) is 59.7 Å². The van der Waals surface area contributed by atoms with Crippen molar-refractivity contribution >= 4 is 18.0 Å². The molecule has 2 aliphatic carbocycles. The molecule has 0 bridgehead atoms. The summed E-state index contributed by atoms with van der Waals surface area (Å²) < 4.78 is 5.56. The molecule has 1 saturated carbocycles. The molecule has 4 rings (SSSR count). The highest BCUT2D eigenvalue weighted by Gasteiger charge is 2.34. The van der Waals surface area contributed by atoms with Crippen molar-refractivity contribution in [1.82, 2.24) is 10.6 Å². The summed E-state index contributed by atoms with van der Waals surface area (Å²) in [6.07, 6.45) is 2.07. The van der Waals surface area contributed by atoms with Gasteiger partial charge in [-0.05, 0) is 55.4 Å². The van der Waals surface area contributed by atoms with Crippen molar-refractivity contribution < 1.29 is 24.2 Å². The Morgan fingerprint density at radius 2 is 1.62 bits per heavy atom. The molecule has 2 atom stereocenters. The second kappa shape index (κ2) is 9.87. The molecule has 2 aromatic carbocycles. The standard InChI is InChI=1S/C27H32N2O5/c1-27(2,25(32)29-18-9-7-8-17(14-18)24(30)31)16-28-26(33)34-15-23-21-12-5-3-10-19(21)20-11-4-6-13-22(20)23/h3-6,10-13,17-18,23H,7-9,14-16H2,1-2H3,(H,28,33)(H,29,32)(H,30,31)/t17-,18+/m1/s1. The number of carbonyl (C=O) groups is 3. The van der Waals surface area contributed by atoms with Crippen LogP contribution in [0.5, 0.6) is 0 Å². The number of carbonyl (C=O) groups excluding carboxylic acids is 2. The number of rotatable bonds is 7. The van der Waals surface area contributed by atoms with Gasteiger partial charge in [0.25, 0.3) is 0 Å². The van der Waals surface area contributed by atoms with E-state index in [9.17, 15) is 19.5 Å². The molecule has 34 heavy (non-hydrogen) atoms. The fourth-order valence-corrected chi connectivity index (χ4v) is 4.95. The number of carboxylic acids is 1. The van der Waals surface area contributed by atoms with E-state index in [2.05, 4.69) is 34.9 Å². The van der Waals surface area contributed by atoms with Gasteiger partial charge in [0.15, 0.2) is 0 Å². The first kappa shape index (κ1) is 23.8. The number of hydrogen-bond acceptors (Lipinski definition) is 4. The van der Waals surface area contributed by atoms with Crippen molar-refractivity contribution in [2.75, 3.05) is 13.2 Å². The van der Waals surface area contributed by atoms with Crippen molar-refractivity contribution in [3.63, 3.8) is 0 Å².